The standard InChI is InChI=1S/C10H13ClN4O4S/c1-2-20-4-3-6(10(16)17)14-9-7(15(18)19)8(11)12-5-13-9/h5-6H,2-4H2,1H3,(H,16,17)(H,12,13,14). The van der Waals surface area contributed by atoms with Crippen LogP contribution < -0.4 is 5.32 Å². The fourth-order valence-electron chi connectivity index (χ4n) is 1.39. The molecule has 0 aliphatic carbocycles. The molecule has 0 bridgehead atoms. The van der Waals surface area contributed by atoms with Crippen molar-refractivity contribution in [1.82, 2.24) is 9.97 Å². The molecule has 0 amide bonds. The van der Waals surface area contributed by atoms with Crippen LogP contribution in [0.15, 0.2) is 6.33 Å². The minimum absolute atomic E-state index is 0.191. The minimum atomic E-state index is -1.11. The first kappa shape index (κ1) is 16.4. The zero-order chi connectivity index (χ0) is 15.1. The number of halogens is 1. The van der Waals surface area contributed by atoms with Crippen molar-refractivity contribution < 1.29 is 14.8 Å². The molecule has 2 N–H and O–H groups in total. The molecule has 0 saturated heterocycles. The number of aliphatic carboxylic acids is 1. The number of nitro groups is 1. The van der Waals surface area contributed by atoms with Crippen molar-refractivity contribution in [1.29, 1.82) is 0 Å². The third-order valence-electron chi connectivity index (χ3n) is 2.32. The van der Waals surface area contributed by atoms with Crippen LogP contribution in [0.3, 0.4) is 0 Å². The van der Waals surface area contributed by atoms with Crippen LogP contribution in [-0.2, 0) is 4.79 Å². The van der Waals surface area contributed by atoms with Crippen LogP contribution in [-0.4, -0.2) is 43.5 Å². The second kappa shape index (κ2) is 7.85. The molecule has 0 aliphatic heterocycles. The van der Waals surface area contributed by atoms with Gasteiger partial charge >= 0.3 is 11.7 Å². The molecular formula is C10H13ClN4O4S. The van der Waals surface area contributed by atoms with Gasteiger partial charge in [0.2, 0.25) is 11.0 Å². The lowest BCUT2D eigenvalue weighted by atomic mass is 10.2. The zero-order valence-electron chi connectivity index (χ0n) is 10.6. The van der Waals surface area contributed by atoms with Gasteiger partial charge in [0.1, 0.15) is 12.4 Å². The summed E-state index contributed by atoms with van der Waals surface area (Å²) in [5.41, 5.74) is -0.524. The second-order valence-electron chi connectivity index (χ2n) is 3.64. The Morgan fingerprint density at radius 2 is 2.35 bits per heavy atom. The van der Waals surface area contributed by atoms with Gasteiger partial charge in [0, 0.05) is 0 Å². The molecule has 20 heavy (non-hydrogen) atoms. The highest BCUT2D eigenvalue weighted by Crippen LogP contribution is 2.29. The molecule has 0 saturated carbocycles. The first-order chi connectivity index (χ1) is 9.47. The number of rotatable bonds is 8. The van der Waals surface area contributed by atoms with Gasteiger partial charge in [-0.2, -0.15) is 11.8 Å². The number of thioether (sulfide) groups is 1. The first-order valence-corrected chi connectivity index (χ1v) is 7.22. The van der Waals surface area contributed by atoms with Gasteiger partial charge in [-0.25, -0.2) is 14.8 Å². The van der Waals surface area contributed by atoms with Gasteiger partial charge in [-0.05, 0) is 17.9 Å². The number of aromatic nitrogens is 2. The molecule has 1 heterocycles. The Bertz CT molecular complexity index is 502. The summed E-state index contributed by atoms with van der Waals surface area (Å²) in [6, 6.07) is -0.973. The maximum Gasteiger partial charge on any atom is 0.348 e. The van der Waals surface area contributed by atoms with E-state index >= 15 is 0 Å². The Hall–Kier alpha value is -1.61. The molecule has 8 nitrogen and oxygen atoms in total. The Morgan fingerprint density at radius 3 is 2.90 bits per heavy atom. The van der Waals surface area contributed by atoms with Gasteiger partial charge in [0.25, 0.3) is 0 Å². The topological polar surface area (TPSA) is 118 Å². The van der Waals surface area contributed by atoms with Crippen molar-refractivity contribution in [2.45, 2.75) is 19.4 Å². The second-order valence-corrected chi connectivity index (χ2v) is 5.39. The van der Waals surface area contributed by atoms with E-state index in [9.17, 15) is 14.9 Å². The van der Waals surface area contributed by atoms with E-state index in [2.05, 4.69) is 15.3 Å². The van der Waals surface area contributed by atoms with Crippen molar-refractivity contribution in [2.24, 2.45) is 0 Å². The lowest BCUT2D eigenvalue weighted by molar-refractivity contribution is -0.384. The van der Waals surface area contributed by atoms with E-state index in [4.69, 9.17) is 16.7 Å². The Labute approximate surface area is 124 Å². The number of nitrogens with one attached hydrogen (secondary N) is 1. The average Bonchev–Trinajstić information content (AvgIpc) is 2.37. The minimum Gasteiger partial charge on any atom is -0.480 e. The highest BCUT2D eigenvalue weighted by Gasteiger charge is 2.26. The van der Waals surface area contributed by atoms with Gasteiger partial charge in [-0.1, -0.05) is 18.5 Å². The third kappa shape index (κ3) is 4.49. The summed E-state index contributed by atoms with van der Waals surface area (Å²) in [6.07, 6.45) is 1.35. The van der Waals surface area contributed by atoms with Crippen molar-refractivity contribution in [2.75, 3.05) is 16.8 Å². The summed E-state index contributed by atoms with van der Waals surface area (Å²) in [5.74, 6) is 0.188. The number of carbonyl (C=O) groups is 1. The van der Waals surface area contributed by atoms with Gasteiger partial charge < -0.3 is 10.4 Å². The quantitative estimate of drug-likeness (QED) is 0.323. The molecule has 1 atom stereocenters. The van der Waals surface area contributed by atoms with E-state index in [0.717, 1.165) is 12.1 Å². The summed E-state index contributed by atoms with van der Waals surface area (Å²) in [5, 5.41) is 22.2. The van der Waals surface area contributed by atoms with E-state index in [-0.39, 0.29) is 11.0 Å². The molecule has 110 valence electrons. The number of hydrogen-bond acceptors (Lipinski definition) is 7. The molecule has 10 heteroatoms. The van der Waals surface area contributed by atoms with Crippen LogP contribution in [0.1, 0.15) is 13.3 Å². The Balaban J connectivity index is 2.91. The predicted molar refractivity (Wildman–Crippen MR) is 76.4 cm³/mol. The van der Waals surface area contributed by atoms with Gasteiger partial charge in [-0.15, -0.1) is 0 Å². The maximum absolute atomic E-state index is 11.1. The molecular weight excluding hydrogens is 308 g/mol. The van der Waals surface area contributed by atoms with Crippen LogP contribution in [0.4, 0.5) is 11.5 Å². The van der Waals surface area contributed by atoms with Crippen LogP contribution in [0.25, 0.3) is 0 Å². The molecule has 0 spiro atoms. The monoisotopic (exact) mass is 320 g/mol. The Morgan fingerprint density at radius 1 is 1.65 bits per heavy atom. The van der Waals surface area contributed by atoms with E-state index in [1.165, 1.54) is 0 Å². The molecule has 1 aromatic rings. The summed E-state index contributed by atoms with van der Waals surface area (Å²) < 4.78 is 0. The number of hydrogen-bond donors (Lipinski definition) is 2. The smallest absolute Gasteiger partial charge is 0.348 e. The highest BCUT2D eigenvalue weighted by molar-refractivity contribution is 7.99. The van der Waals surface area contributed by atoms with E-state index in [1.807, 2.05) is 6.92 Å². The van der Waals surface area contributed by atoms with Crippen molar-refractivity contribution >= 4 is 40.8 Å². The first-order valence-electron chi connectivity index (χ1n) is 5.69. The average molecular weight is 321 g/mol. The Kier molecular flexibility index (Phi) is 6.46. The van der Waals surface area contributed by atoms with Gasteiger partial charge in [0.15, 0.2) is 0 Å². The normalized spacial score (nSPS) is 11.9. The third-order valence-corrected chi connectivity index (χ3v) is 3.53. The van der Waals surface area contributed by atoms with Crippen molar-refractivity contribution in [3.8, 4) is 0 Å². The van der Waals surface area contributed by atoms with Crippen LogP contribution in [0.5, 0.6) is 0 Å². The van der Waals surface area contributed by atoms with Crippen LogP contribution in [0, 0.1) is 10.1 Å². The predicted octanol–water partition coefficient (Wildman–Crippen LogP) is 2.05. The summed E-state index contributed by atoms with van der Waals surface area (Å²) in [4.78, 5) is 28.5. The zero-order valence-corrected chi connectivity index (χ0v) is 12.1. The van der Waals surface area contributed by atoms with Gasteiger partial charge in [0.05, 0.1) is 4.92 Å². The van der Waals surface area contributed by atoms with Gasteiger partial charge in [-0.3, -0.25) is 10.1 Å². The molecule has 1 aromatic heterocycles. The van der Waals surface area contributed by atoms with Crippen LogP contribution in [0.2, 0.25) is 5.15 Å². The molecule has 0 radical (unpaired) electrons. The summed E-state index contributed by atoms with van der Waals surface area (Å²) >= 11 is 7.21. The lowest BCUT2D eigenvalue weighted by Crippen LogP contribution is -2.30. The SMILES string of the molecule is CCSCCC(Nc1ncnc(Cl)c1[N+](=O)[O-])C(=O)O. The highest BCUT2D eigenvalue weighted by atomic mass is 35.5. The number of carboxylic acids is 1. The summed E-state index contributed by atoms with van der Waals surface area (Å²) in [7, 11) is 0. The van der Waals surface area contributed by atoms with Crippen molar-refractivity contribution in [3.63, 3.8) is 0 Å². The summed E-state index contributed by atoms with van der Waals surface area (Å²) in [6.45, 7) is 1.96. The molecule has 1 rings (SSSR count). The van der Waals surface area contributed by atoms with Crippen LogP contribution >= 0.6 is 23.4 Å². The van der Waals surface area contributed by atoms with E-state index in [1.54, 1.807) is 11.8 Å². The molecule has 1 unspecified atom stereocenters. The van der Waals surface area contributed by atoms with E-state index in [0.29, 0.717) is 12.2 Å². The number of anilines is 1. The fraction of sp³-hybridized carbons (Fsp3) is 0.500. The fourth-order valence-corrected chi connectivity index (χ4v) is 2.29. The molecule has 0 fully saturated rings. The molecule has 0 aromatic carbocycles. The molecule has 0 aliphatic rings. The maximum atomic E-state index is 11.1. The lowest BCUT2D eigenvalue weighted by Gasteiger charge is -2.14. The number of carboxylic acid groups (broad SMARTS) is 1. The van der Waals surface area contributed by atoms with E-state index < -0.39 is 22.6 Å². The number of nitrogens with zero attached hydrogens (tertiary/aromatic N) is 3. The van der Waals surface area contributed by atoms with Crippen molar-refractivity contribution in [3.05, 3.63) is 21.6 Å². The largest absolute Gasteiger partial charge is 0.480 e.